The normalized spacial score (nSPS) is 11.8. The Morgan fingerprint density at radius 3 is 2.80 bits per heavy atom. The van der Waals surface area contributed by atoms with Crippen molar-refractivity contribution in [1.82, 2.24) is 4.98 Å². The lowest BCUT2D eigenvalue weighted by molar-refractivity contribution is 0.555. The number of hydrogen-bond donors (Lipinski definition) is 2. The van der Waals surface area contributed by atoms with Crippen LogP contribution in [-0.4, -0.2) is 13.4 Å². The van der Waals surface area contributed by atoms with Crippen molar-refractivity contribution in [1.29, 1.82) is 0 Å². The van der Waals surface area contributed by atoms with Crippen LogP contribution in [-0.2, 0) is 10.0 Å². The molecular formula is C11H7BrN2O4S2. The highest BCUT2D eigenvalue weighted by atomic mass is 79.9. The summed E-state index contributed by atoms with van der Waals surface area (Å²) in [5.41, 5.74) is 1.14. The number of nitrogens with one attached hydrogen (secondary N) is 2. The molecule has 0 saturated carbocycles. The first-order chi connectivity index (χ1) is 9.45. The van der Waals surface area contributed by atoms with Gasteiger partial charge in [-0.05, 0) is 45.6 Å². The number of aromatic amines is 1. The lowest BCUT2D eigenvalue weighted by atomic mass is 10.3. The third-order valence-electron chi connectivity index (χ3n) is 2.50. The van der Waals surface area contributed by atoms with Crippen LogP contribution in [0.5, 0.6) is 0 Å². The van der Waals surface area contributed by atoms with Gasteiger partial charge in [0.2, 0.25) is 0 Å². The van der Waals surface area contributed by atoms with E-state index in [0.29, 0.717) is 21.3 Å². The quantitative estimate of drug-likeness (QED) is 0.736. The topological polar surface area (TPSA) is 92.2 Å². The Morgan fingerprint density at radius 2 is 2.10 bits per heavy atom. The summed E-state index contributed by atoms with van der Waals surface area (Å²) in [5, 5.41) is 1.68. The molecule has 0 aliphatic carbocycles. The molecule has 20 heavy (non-hydrogen) atoms. The maximum Gasteiger partial charge on any atom is 0.417 e. The zero-order valence-electron chi connectivity index (χ0n) is 9.71. The number of oxazole rings is 1. The van der Waals surface area contributed by atoms with Crippen LogP contribution >= 0.6 is 27.3 Å². The molecule has 0 atom stereocenters. The number of hydrogen-bond acceptors (Lipinski definition) is 5. The van der Waals surface area contributed by atoms with Crippen molar-refractivity contribution in [2.24, 2.45) is 0 Å². The first-order valence-corrected chi connectivity index (χ1v) is 8.50. The fraction of sp³-hybridized carbons (Fsp3) is 0. The number of aromatic nitrogens is 1. The molecular weight excluding hydrogens is 368 g/mol. The molecule has 0 fully saturated rings. The van der Waals surface area contributed by atoms with Gasteiger partial charge in [0.15, 0.2) is 9.79 Å². The van der Waals surface area contributed by atoms with Crippen molar-refractivity contribution in [3.63, 3.8) is 0 Å². The maximum absolute atomic E-state index is 12.2. The Labute approximate surface area is 125 Å². The van der Waals surface area contributed by atoms with Crippen molar-refractivity contribution >= 4 is 54.1 Å². The molecule has 1 aromatic carbocycles. The average Bonchev–Trinajstić information content (AvgIpc) is 2.93. The van der Waals surface area contributed by atoms with Gasteiger partial charge in [0.25, 0.3) is 10.0 Å². The van der Waals surface area contributed by atoms with Gasteiger partial charge in [-0.1, -0.05) is 0 Å². The molecule has 0 aliphatic rings. The van der Waals surface area contributed by atoms with Crippen molar-refractivity contribution in [3.05, 3.63) is 44.7 Å². The summed E-state index contributed by atoms with van der Waals surface area (Å²) in [5.74, 6) is -0.582. The smallest absolute Gasteiger partial charge is 0.408 e. The molecule has 0 aliphatic heterocycles. The van der Waals surface area contributed by atoms with Gasteiger partial charge in [-0.15, -0.1) is 11.3 Å². The molecule has 2 heterocycles. The van der Waals surface area contributed by atoms with E-state index in [0.717, 1.165) is 11.3 Å². The molecule has 3 aromatic rings. The lowest BCUT2D eigenvalue weighted by Gasteiger charge is -2.06. The van der Waals surface area contributed by atoms with E-state index in [1.807, 2.05) is 0 Å². The van der Waals surface area contributed by atoms with Gasteiger partial charge in [-0.2, -0.15) is 0 Å². The molecule has 0 amide bonds. The molecule has 0 spiro atoms. The van der Waals surface area contributed by atoms with Crippen molar-refractivity contribution in [2.75, 3.05) is 4.72 Å². The summed E-state index contributed by atoms with van der Waals surface area (Å²) >= 11 is 4.30. The van der Waals surface area contributed by atoms with E-state index >= 15 is 0 Å². The standard InChI is InChI=1S/C11H7BrN2O4S2/c12-7-3-4-19-10(7)20(16,17)14-6-1-2-9-8(5-6)13-11(15)18-9/h1-5,14H,(H,13,15). The Kier molecular flexibility index (Phi) is 3.19. The Balaban J connectivity index is 2.00. The SMILES string of the molecule is O=c1[nH]c2cc(NS(=O)(=O)c3sccc3Br)ccc2o1. The number of rotatable bonds is 3. The first kappa shape index (κ1) is 13.4. The minimum Gasteiger partial charge on any atom is -0.408 e. The summed E-state index contributed by atoms with van der Waals surface area (Å²) in [7, 11) is -3.66. The molecule has 0 bridgehead atoms. The van der Waals surface area contributed by atoms with Gasteiger partial charge in [0.05, 0.1) is 11.2 Å². The van der Waals surface area contributed by atoms with Gasteiger partial charge < -0.3 is 4.42 Å². The molecule has 104 valence electrons. The van der Waals surface area contributed by atoms with Crippen LogP contribution in [0.1, 0.15) is 0 Å². The highest BCUT2D eigenvalue weighted by Gasteiger charge is 2.19. The first-order valence-electron chi connectivity index (χ1n) is 5.34. The van der Waals surface area contributed by atoms with Crippen molar-refractivity contribution in [2.45, 2.75) is 4.21 Å². The maximum atomic E-state index is 12.2. The van der Waals surface area contributed by atoms with Gasteiger partial charge in [-0.3, -0.25) is 9.71 Å². The van der Waals surface area contributed by atoms with Gasteiger partial charge in [0.1, 0.15) is 0 Å². The van der Waals surface area contributed by atoms with Crippen LogP contribution in [0.15, 0.2) is 47.5 Å². The minimum atomic E-state index is -3.66. The van der Waals surface area contributed by atoms with E-state index < -0.39 is 15.8 Å². The number of halogens is 1. The predicted octanol–water partition coefficient (Wildman–Crippen LogP) is 2.75. The van der Waals surface area contributed by atoms with E-state index in [1.54, 1.807) is 11.4 Å². The number of H-pyrrole nitrogens is 1. The van der Waals surface area contributed by atoms with Crippen LogP contribution in [0.25, 0.3) is 11.1 Å². The lowest BCUT2D eigenvalue weighted by Crippen LogP contribution is -2.11. The predicted molar refractivity (Wildman–Crippen MR) is 79.7 cm³/mol. The van der Waals surface area contributed by atoms with Crippen molar-refractivity contribution < 1.29 is 12.8 Å². The molecule has 6 nitrogen and oxygen atoms in total. The molecule has 3 rings (SSSR count). The van der Waals surface area contributed by atoms with Crippen LogP contribution in [0.2, 0.25) is 0 Å². The van der Waals surface area contributed by atoms with E-state index in [9.17, 15) is 13.2 Å². The van der Waals surface area contributed by atoms with Crippen LogP contribution in [0.4, 0.5) is 5.69 Å². The van der Waals surface area contributed by atoms with Crippen LogP contribution in [0, 0.1) is 0 Å². The molecule has 0 saturated heterocycles. The third kappa shape index (κ3) is 2.39. The summed E-state index contributed by atoms with van der Waals surface area (Å²) in [6.07, 6.45) is 0. The summed E-state index contributed by atoms with van der Waals surface area (Å²) in [6.45, 7) is 0. The molecule has 9 heteroatoms. The zero-order chi connectivity index (χ0) is 14.3. The number of thiophene rings is 1. The monoisotopic (exact) mass is 374 g/mol. The van der Waals surface area contributed by atoms with E-state index in [2.05, 4.69) is 25.6 Å². The Bertz CT molecular complexity index is 939. The van der Waals surface area contributed by atoms with Gasteiger partial charge in [0, 0.05) is 4.47 Å². The highest BCUT2D eigenvalue weighted by molar-refractivity contribution is 9.10. The number of fused-ring (bicyclic) bond motifs is 1. The third-order valence-corrected chi connectivity index (χ3v) is 6.55. The van der Waals surface area contributed by atoms with Crippen LogP contribution < -0.4 is 10.5 Å². The number of anilines is 1. The Morgan fingerprint density at radius 1 is 1.30 bits per heavy atom. The van der Waals surface area contributed by atoms with E-state index in [1.165, 1.54) is 18.2 Å². The van der Waals surface area contributed by atoms with Crippen molar-refractivity contribution in [3.8, 4) is 0 Å². The summed E-state index contributed by atoms with van der Waals surface area (Å²) in [6, 6.07) is 6.21. The van der Waals surface area contributed by atoms with Crippen LogP contribution in [0.3, 0.4) is 0 Å². The summed E-state index contributed by atoms with van der Waals surface area (Å²) < 4.78 is 32.4. The fourth-order valence-electron chi connectivity index (χ4n) is 1.69. The number of benzene rings is 1. The Hall–Kier alpha value is -1.58. The second-order valence-electron chi connectivity index (χ2n) is 3.89. The fourth-order valence-corrected chi connectivity index (χ4v) is 5.08. The van der Waals surface area contributed by atoms with Gasteiger partial charge in [-0.25, -0.2) is 13.2 Å². The van der Waals surface area contributed by atoms with Gasteiger partial charge >= 0.3 is 5.76 Å². The second kappa shape index (κ2) is 4.76. The minimum absolute atomic E-state index is 0.193. The average molecular weight is 375 g/mol. The largest absolute Gasteiger partial charge is 0.417 e. The zero-order valence-corrected chi connectivity index (χ0v) is 12.9. The molecule has 2 aromatic heterocycles. The van der Waals surface area contributed by atoms with E-state index in [4.69, 9.17) is 4.42 Å². The molecule has 0 radical (unpaired) electrons. The van der Waals surface area contributed by atoms with E-state index in [-0.39, 0.29) is 4.21 Å². The molecule has 0 unspecified atom stereocenters. The highest BCUT2D eigenvalue weighted by Crippen LogP contribution is 2.29. The molecule has 2 N–H and O–H groups in total. The number of sulfonamides is 1. The second-order valence-corrected chi connectivity index (χ2v) is 7.54. The summed E-state index contributed by atoms with van der Waals surface area (Å²) in [4.78, 5) is 13.5.